The van der Waals surface area contributed by atoms with Gasteiger partial charge in [-0.05, 0) is 74.7 Å². The van der Waals surface area contributed by atoms with E-state index in [1.54, 1.807) is 0 Å². The van der Waals surface area contributed by atoms with Crippen LogP contribution in [0.1, 0.15) is 37.3 Å². The quantitative estimate of drug-likeness (QED) is 0.266. The molecule has 0 saturated carbocycles. The zero-order valence-electron chi connectivity index (χ0n) is 17.9. The Bertz CT molecular complexity index is 1140. The fourth-order valence-corrected chi connectivity index (χ4v) is 3.81. The largest absolute Gasteiger partial charge is 0.493 e. The molecule has 1 aromatic heterocycles. The van der Waals surface area contributed by atoms with Gasteiger partial charge >= 0.3 is 0 Å². The number of hydrogen-bond donors (Lipinski definition) is 0. The molecule has 5 heteroatoms. The van der Waals surface area contributed by atoms with Gasteiger partial charge in [0, 0.05) is 11.6 Å². The van der Waals surface area contributed by atoms with Crippen LogP contribution < -0.4 is 9.47 Å². The summed E-state index contributed by atoms with van der Waals surface area (Å²) >= 11 is 5.99. The standard InChI is InChI=1S/C26H27ClN2O2/c1-19-9-3-6-12-25(19)30-18-8-7-17-29-24-11-5-4-10-23(24)28-26(29)20(2)31-22-15-13-21(27)14-16-22/h3-6,9-16,20H,7-8,17-18H2,1-2H3. The second kappa shape index (κ2) is 9.88. The van der Waals surface area contributed by atoms with Crippen LogP contribution in [-0.2, 0) is 6.54 Å². The van der Waals surface area contributed by atoms with Gasteiger partial charge in [0.05, 0.1) is 17.6 Å². The summed E-state index contributed by atoms with van der Waals surface area (Å²) in [5, 5.41) is 0.695. The highest BCUT2D eigenvalue weighted by molar-refractivity contribution is 6.30. The predicted octanol–water partition coefficient (Wildman–Crippen LogP) is 7.00. The van der Waals surface area contributed by atoms with Crippen LogP contribution in [0.25, 0.3) is 11.0 Å². The second-order valence-corrected chi connectivity index (χ2v) is 8.08. The van der Waals surface area contributed by atoms with Crippen molar-refractivity contribution in [3.63, 3.8) is 0 Å². The molecule has 0 N–H and O–H groups in total. The average Bonchev–Trinajstić information content (AvgIpc) is 3.15. The third-order valence-electron chi connectivity index (χ3n) is 5.30. The molecule has 0 spiro atoms. The van der Waals surface area contributed by atoms with E-state index in [1.165, 1.54) is 5.56 Å². The lowest BCUT2D eigenvalue weighted by Crippen LogP contribution is -2.12. The highest BCUT2D eigenvalue weighted by atomic mass is 35.5. The maximum absolute atomic E-state index is 6.16. The molecule has 1 heterocycles. The first-order valence-corrected chi connectivity index (χ1v) is 11.1. The van der Waals surface area contributed by atoms with E-state index in [1.807, 2.05) is 61.5 Å². The van der Waals surface area contributed by atoms with Crippen molar-refractivity contribution in [3.05, 3.63) is 89.2 Å². The summed E-state index contributed by atoms with van der Waals surface area (Å²) in [6, 6.07) is 23.8. The van der Waals surface area contributed by atoms with Crippen molar-refractivity contribution in [1.82, 2.24) is 9.55 Å². The molecule has 0 bridgehead atoms. The number of benzene rings is 3. The van der Waals surface area contributed by atoms with E-state index in [-0.39, 0.29) is 6.10 Å². The van der Waals surface area contributed by atoms with E-state index in [0.717, 1.165) is 47.7 Å². The van der Waals surface area contributed by atoms with Crippen LogP contribution in [0.5, 0.6) is 11.5 Å². The van der Waals surface area contributed by atoms with Gasteiger partial charge in [-0.1, -0.05) is 41.9 Å². The normalized spacial score (nSPS) is 12.1. The van der Waals surface area contributed by atoms with E-state index in [9.17, 15) is 0 Å². The first-order chi connectivity index (χ1) is 15.1. The Kier molecular flexibility index (Phi) is 6.78. The number of ether oxygens (including phenoxy) is 2. The highest BCUT2D eigenvalue weighted by Gasteiger charge is 2.18. The van der Waals surface area contributed by atoms with Crippen LogP contribution in [0.15, 0.2) is 72.8 Å². The van der Waals surface area contributed by atoms with E-state index in [4.69, 9.17) is 26.1 Å². The summed E-state index contributed by atoms with van der Waals surface area (Å²) in [5.74, 6) is 2.67. The van der Waals surface area contributed by atoms with Crippen LogP contribution in [0.3, 0.4) is 0 Å². The van der Waals surface area contributed by atoms with Crippen LogP contribution >= 0.6 is 11.6 Å². The number of unbranched alkanes of at least 4 members (excludes halogenated alkanes) is 1. The third-order valence-corrected chi connectivity index (χ3v) is 5.55. The molecule has 0 aliphatic heterocycles. The number of nitrogens with zero attached hydrogens (tertiary/aromatic N) is 2. The summed E-state index contributed by atoms with van der Waals surface area (Å²) in [4.78, 5) is 4.87. The number of aryl methyl sites for hydroxylation is 2. The number of halogens is 1. The maximum atomic E-state index is 6.16. The Balaban J connectivity index is 1.43. The predicted molar refractivity (Wildman–Crippen MR) is 126 cm³/mol. The Morgan fingerprint density at radius 3 is 2.48 bits per heavy atom. The van der Waals surface area contributed by atoms with E-state index in [2.05, 4.69) is 29.7 Å². The topological polar surface area (TPSA) is 36.3 Å². The molecule has 0 saturated heterocycles. The molecule has 0 aliphatic rings. The van der Waals surface area contributed by atoms with Gasteiger partial charge in [-0.3, -0.25) is 0 Å². The molecule has 0 fully saturated rings. The van der Waals surface area contributed by atoms with Gasteiger partial charge in [-0.25, -0.2) is 4.98 Å². The summed E-state index contributed by atoms with van der Waals surface area (Å²) in [7, 11) is 0. The van der Waals surface area contributed by atoms with Gasteiger partial charge in [0.1, 0.15) is 11.5 Å². The molecule has 4 nitrogen and oxygen atoms in total. The number of aromatic nitrogens is 2. The van der Waals surface area contributed by atoms with Crippen molar-refractivity contribution in [2.24, 2.45) is 0 Å². The Hall–Kier alpha value is -2.98. The highest BCUT2D eigenvalue weighted by Crippen LogP contribution is 2.26. The van der Waals surface area contributed by atoms with Gasteiger partial charge in [0.25, 0.3) is 0 Å². The zero-order valence-corrected chi connectivity index (χ0v) is 18.7. The van der Waals surface area contributed by atoms with Gasteiger partial charge < -0.3 is 14.0 Å². The summed E-state index contributed by atoms with van der Waals surface area (Å²) in [6.07, 6.45) is 1.77. The van der Waals surface area contributed by atoms with Crippen LogP contribution in [-0.4, -0.2) is 16.2 Å². The molecule has 1 unspecified atom stereocenters. The van der Waals surface area contributed by atoms with Gasteiger partial charge in [0.2, 0.25) is 0 Å². The minimum absolute atomic E-state index is 0.184. The molecule has 4 aromatic rings. The van der Waals surface area contributed by atoms with Crippen LogP contribution in [0.2, 0.25) is 5.02 Å². The first kappa shape index (κ1) is 21.3. The average molecular weight is 435 g/mol. The molecule has 160 valence electrons. The monoisotopic (exact) mass is 434 g/mol. The molecule has 31 heavy (non-hydrogen) atoms. The van der Waals surface area contributed by atoms with Gasteiger partial charge in [-0.2, -0.15) is 0 Å². The summed E-state index contributed by atoms with van der Waals surface area (Å²) in [5.41, 5.74) is 3.28. The maximum Gasteiger partial charge on any atom is 0.153 e. The second-order valence-electron chi connectivity index (χ2n) is 7.65. The number of rotatable bonds is 9. The molecule has 0 aliphatic carbocycles. The SMILES string of the molecule is Cc1ccccc1OCCCCn1c(C(C)Oc2ccc(Cl)cc2)nc2ccccc21. The Labute approximate surface area is 188 Å². The molecular formula is C26H27ClN2O2. The lowest BCUT2D eigenvalue weighted by atomic mass is 10.2. The number of fused-ring (bicyclic) bond motifs is 1. The van der Waals surface area contributed by atoms with Gasteiger partial charge in [-0.15, -0.1) is 0 Å². The van der Waals surface area contributed by atoms with Crippen molar-refractivity contribution >= 4 is 22.6 Å². The number of hydrogen-bond acceptors (Lipinski definition) is 3. The number of para-hydroxylation sites is 3. The molecular weight excluding hydrogens is 408 g/mol. The molecule has 0 radical (unpaired) electrons. The lowest BCUT2D eigenvalue weighted by Gasteiger charge is -2.17. The van der Waals surface area contributed by atoms with Gasteiger partial charge in [0.15, 0.2) is 11.9 Å². The summed E-state index contributed by atoms with van der Waals surface area (Å²) in [6.45, 7) is 5.67. The van der Waals surface area contributed by atoms with Crippen molar-refractivity contribution in [2.45, 2.75) is 39.3 Å². The molecule has 3 aromatic carbocycles. The van der Waals surface area contributed by atoms with Crippen LogP contribution in [0.4, 0.5) is 0 Å². The van der Waals surface area contributed by atoms with Crippen molar-refractivity contribution in [1.29, 1.82) is 0 Å². The lowest BCUT2D eigenvalue weighted by molar-refractivity contribution is 0.211. The molecule has 1 atom stereocenters. The Morgan fingerprint density at radius 2 is 1.68 bits per heavy atom. The van der Waals surface area contributed by atoms with Crippen molar-refractivity contribution in [3.8, 4) is 11.5 Å². The fourth-order valence-electron chi connectivity index (χ4n) is 3.68. The van der Waals surface area contributed by atoms with Crippen molar-refractivity contribution in [2.75, 3.05) is 6.61 Å². The van der Waals surface area contributed by atoms with E-state index in [0.29, 0.717) is 11.6 Å². The first-order valence-electron chi connectivity index (χ1n) is 10.7. The minimum atomic E-state index is -0.184. The van der Waals surface area contributed by atoms with Crippen LogP contribution in [0, 0.1) is 6.92 Å². The Morgan fingerprint density at radius 1 is 0.935 bits per heavy atom. The summed E-state index contributed by atoms with van der Waals surface area (Å²) < 4.78 is 14.4. The zero-order chi connectivity index (χ0) is 21.6. The number of imidazole rings is 1. The fraction of sp³-hybridized carbons (Fsp3) is 0.269. The minimum Gasteiger partial charge on any atom is -0.493 e. The molecule has 0 amide bonds. The van der Waals surface area contributed by atoms with E-state index < -0.39 is 0 Å². The third kappa shape index (κ3) is 5.20. The smallest absolute Gasteiger partial charge is 0.153 e. The van der Waals surface area contributed by atoms with Crippen molar-refractivity contribution < 1.29 is 9.47 Å². The van der Waals surface area contributed by atoms with E-state index >= 15 is 0 Å². The molecule has 4 rings (SSSR count).